The normalized spacial score (nSPS) is 11.1. The van der Waals surface area contributed by atoms with Gasteiger partial charge in [0.2, 0.25) is 10.0 Å². The highest BCUT2D eigenvalue weighted by Crippen LogP contribution is 2.36. The van der Waals surface area contributed by atoms with Crippen molar-refractivity contribution in [2.24, 2.45) is 0 Å². The fourth-order valence-electron chi connectivity index (χ4n) is 2.52. The first-order chi connectivity index (χ1) is 13.1. The Morgan fingerprint density at radius 1 is 1.14 bits per heavy atom. The first kappa shape index (κ1) is 21.8. The summed E-state index contributed by atoms with van der Waals surface area (Å²) in [5, 5.41) is 3.25. The maximum atomic E-state index is 12.9. The van der Waals surface area contributed by atoms with Crippen molar-refractivity contribution >= 4 is 38.9 Å². The lowest BCUT2D eigenvalue weighted by atomic mass is 10.1. The fourth-order valence-corrected chi connectivity index (χ4v) is 3.54. The van der Waals surface area contributed by atoms with Crippen molar-refractivity contribution in [1.29, 1.82) is 0 Å². The van der Waals surface area contributed by atoms with E-state index in [2.05, 4.69) is 5.32 Å². The number of methoxy groups -OCH3 is 2. The van der Waals surface area contributed by atoms with Crippen molar-refractivity contribution in [3.05, 3.63) is 46.5 Å². The molecule has 1 amide bonds. The first-order valence-corrected chi connectivity index (χ1v) is 10.4. The lowest BCUT2D eigenvalue weighted by Crippen LogP contribution is -2.30. The van der Waals surface area contributed by atoms with Crippen LogP contribution >= 0.6 is 11.6 Å². The van der Waals surface area contributed by atoms with Crippen LogP contribution in [0, 0.1) is 6.92 Å². The quantitative estimate of drug-likeness (QED) is 0.729. The maximum Gasteiger partial charge on any atom is 0.257 e. The number of ether oxygens (including phenoxy) is 2. The molecular formula is C19H23ClN2O5S. The summed E-state index contributed by atoms with van der Waals surface area (Å²) >= 11 is 6.12. The highest BCUT2D eigenvalue weighted by Gasteiger charge is 2.25. The molecule has 0 aliphatic rings. The molecule has 0 unspecified atom stereocenters. The zero-order chi connectivity index (χ0) is 21.1. The molecule has 2 aromatic carbocycles. The zero-order valence-electron chi connectivity index (χ0n) is 16.4. The van der Waals surface area contributed by atoms with Crippen molar-refractivity contribution in [2.75, 3.05) is 36.6 Å². The minimum absolute atomic E-state index is 0.119. The molecule has 7 nitrogen and oxygen atoms in total. The molecule has 0 spiro atoms. The number of benzene rings is 2. The third kappa shape index (κ3) is 4.51. The fraction of sp³-hybridized carbons (Fsp3) is 0.316. The molecular weight excluding hydrogens is 404 g/mol. The second-order valence-corrected chi connectivity index (χ2v) is 8.71. The summed E-state index contributed by atoms with van der Waals surface area (Å²) in [4.78, 5) is 12.9. The van der Waals surface area contributed by atoms with Crippen LogP contribution in [-0.4, -0.2) is 41.3 Å². The topological polar surface area (TPSA) is 84.9 Å². The monoisotopic (exact) mass is 426 g/mol. The molecule has 0 fully saturated rings. The number of hydrogen-bond acceptors (Lipinski definition) is 5. The zero-order valence-corrected chi connectivity index (χ0v) is 17.9. The van der Waals surface area contributed by atoms with Gasteiger partial charge >= 0.3 is 0 Å². The summed E-state index contributed by atoms with van der Waals surface area (Å²) < 4.78 is 36.3. The number of carbonyl (C=O) groups is 1. The lowest BCUT2D eigenvalue weighted by Gasteiger charge is -2.23. The average molecular weight is 427 g/mol. The minimum atomic E-state index is -3.60. The minimum Gasteiger partial charge on any atom is -0.493 e. The number of aryl methyl sites for hydroxylation is 1. The average Bonchev–Trinajstić information content (AvgIpc) is 2.68. The predicted octanol–water partition coefficient (Wildman–Crippen LogP) is 3.70. The van der Waals surface area contributed by atoms with Crippen LogP contribution in [0.1, 0.15) is 22.8 Å². The summed E-state index contributed by atoms with van der Waals surface area (Å²) in [7, 11) is 0.658. The molecule has 0 aliphatic heterocycles. The summed E-state index contributed by atoms with van der Waals surface area (Å²) in [6.07, 6.45) is 0. The van der Waals surface area contributed by atoms with E-state index in [1.165, 1.54) is 40.3 Å². The molecule has 0 atom stereocenters. The van der Waals surface area contributed by atoms with E-state index in [1.54, 1.807) is 18.2 Å². The van der Waals surface area contributed by atoms with Gasteiger partial charge in [0.25, 0.3) is 5.91 Å². The third-order valence-corrected chi connectivity index (χ3v) is 6.47. The standard InChI is InChI=1S/C19H23ClN2O5S/c1-6-28(24,25)22(3)16-11-18(27-5)17(26-4)10-14(16)19(23)21-13-8-7-12(2)15(20)9-13/h7-11H,6H2,1-5H3,(H,21,23). The van der Waals surface area contributed by atoms with Gasteiger partial charge in [0.15, 0.2) is 11.5 Å². The van der Waals surface area contributed by atoms with Crippen LogP contribution in [0.3, 0.4) is 0 Å². The second-order valence-electron chi connectivity index (χ2n) is 6.01. The van der Waals surface area contributed by atoms with Crippen LogP contribution in [0.4, 0.5) is 11.4 Å². The molecule has 0 bridgehead atoms. The number of nitrogens with zero attached hydrogens (tertiary/aromatic N) is 1. The highest BCUT2D eigenvalue weighted by atomic mass is 35.5. The largest absolute Gasteiger partial charge is 0.493 e. The Labute approximate surface area is 170 Å². The van der Waals surface area contributed by atoms with Crippen molar-refractivity contribution in [3.8, 4) is 11.5 Å². The number of carbonyl (C=O) groups excluding carboxylic acids is 1. The molecule has 0 radical (unpaired) electrons. The van der Waals surface area contributed by atoms with Crippen LogP contribution in [0.2, 0.25) is 5.02 Å². The molecule has 0 saturated heterocycles. The van der Waals surface area contributed by atoms with Gasteiger partial charge in [0.1, 0.15) is 0 Å². The van der Waals surface area contributed by atoms with E-state index in [0.29, 0.717) is 22.2 Å². The van der Waals surface area contributed by atoms with E-state index in [-0.39, 0.29) is 17.0 Å². The molecule has 0 saturated carbocycles. The summed E-state index contributed by atoms with van der Waals surface area (Å²) in [5.41, 5.74) is 1.66. The summed E-state index contributed by atoms with van der Waals surface area (Å²) in [5.74, 6) is -0.00724. The van der Waals surface area contributed by atoms with Gasteiger partial charge in [-0.2, -0.15) is 0 Å². The Morgan fingerprint density at radius 2 is 1.75 bits per heavy atom. The Morgan fingerprint density at radius 3 is 2.29 bits per heavy atom. The van der Waals surface area contributed by atoms with E-state index in [1.807, 2.05) is 6.92 Å². The van der Waals surface area contributed by atoms with Crippen molar-refractivity contribution in [3.63, 3.8) is 0 Å². The van der Waals surface area contributed by atoms with Crippen LogP contribution in [-0.2, 0) is 10.0 Å². The third-order valence-electron chi connectivity index (χ3n) is 4.30. The van der Waals surface area contributed by atoms with Gasteiger partial charge in [-0.15, -0.1) is 0 Å². The van der Waals surface area contributed by atoms with Gasteiger partial charge < -0.3 is 14.8 Å². The van der Waals surface area contributed by atoms with Gasteiger partial charge in [-0.05, 0) is 37.6 Å². The van der Waals surface area contributed by atoms with Gasteiger partial charge in [0.05, 0.1) is 31.2 Å². The Balaban J connectivity index is 2.56. The molecule has 0 aromatic heterocycles. The summed E-state index contributed by atoms with van der Waals surface area (Å²) in [6.45, 7) is 3.38. The Kier molecular flexibility index (Phi) is 6.79. The number of anilines is 2. The number of amides is 1. The number of nitrogens with one attached hydrogen (secondary N) is 1. The predicted molar refractivity (Wildman–Crippen MR) is 112 cm³/mol. The highest BCUT2D eigenvalue weighted by molar-refractivity contribution is 7.92. The molecule has 152 valence electrons. The van der Waals surface area contributed by atoms with E-state index in [0.717, 1.165) is 9.87 Å². The number of hydrogen-bond donors (Lipinski definition) is 1. The molecule has 2 aromatic rings. The smallest absolute Gasteiger partial charge is 0.257 e. The molecule has 0 aliphatic carbocycles. The van der Waals surface area contributed by atoms with E-state index >= 15 is 0 Å². The molecule has 0 heterocycles. The van der Waals surface area contributed by atoms with E-state index in [4.69, 9.17) is 21.1 Å². The molecule has 1 N–H and O–H groups in total. The van der Waals surface area contributed by atoms with Gasteiger partial charge in [-0.3, -0.25) is 9.10 Å². The first-order valence-electron chi connectivity index (χ1n) is 8.44. The second kappa shape index (κ2) is 8.70. The van der Waals surface area contributed by atoms with Gasteiger partial charge in [-0.1, -0.05) is 17.7 Å². The van der Waals surface area contributed by atoms with Crippen molar-refractivity contribution in [2.45, 2.75) is 13.8 Å². The van der Waals surface area contributed by atoms with E-state index in [9.17, 15) is 13.2 Å². The Hall–Kier alpha value is -2.45. The van der Waals surface area contributed by atoms with Gasteiger partial charge in [0, 0.05) is 23.8 Å². The number of sulfonamides is 1. The van der Waals surface area contributed by atoms with Crippen molar-refractivity contribution in [1.82, 2.24) is 0 Å². The molecule has 9 heteroatoms. The Bertz CT molecular complexity index is 992. The van der Waals surface area contributed by atoms with Crippen LogP contribution in [0.5, 0.6) is 11.5 Å². The molecule has 2 rings (SSSR count). The molecule has 28 heavy (non-hydrogen) atoms. The SMILES string of the molecule is CCS(=O)(=O)N(C)c1cc(OC)c(OC)cc1C(=O)Nc1ccc(C)c(Cl)c1. The number of halogens is 1. The maximum absolute atomic E-state index is 12.9. The van der Waals surface area contributed by atoms with Crippen LogP contribution in [0.25, 0.3) is 0 Å². The lowest BCUT2D eigenvalue weighted by molar-refractivity contribution is 0.102. The number of rotatable bonds is 7. The summed E-state index contributed by atoms with van der Waals surface area (Å²) in [6, 6.07) is 8.03. The van der Waals surface area contributed by atoms with Crippen molar-refractivity contribution < 1.29 is 22.7 Å². The van der Waals surface area contributed by atoms with Crippen LogP contribution in [0.15, 0.2) is 30.3 Å². The van der Waals surface area contributed by atoms with E-state index < -0.39 is 15.9 Å². The van der Waals surface area contributed by atoms with Crippen LogP contribution < -0.4 is 19.1 Å². The van der Waals surface area contributed by atoms with Gasteiger partial charge in [-0.25, -0.2) is 8.42 Å².